The van der Waals surface area contributed by atoms with Gasteiger partial charge >= 0.3 is 0 Å². The van der Waals surface area contributed by atoms with Gasteiger partial charge in [-0.2, -0.15) is 0 Å². The maximum Gasteiger partial charge on any atom is 0.283 e. The highest BCUT2D eigenvalue weighted by molar-refractivity contribution is 5.77. The van der Waals surface area contributed by atoms with E-state index in [2.05, 4.69) is 0 Å². The zero-order chi connectivity index (χ0) is 17.0. The molecule has 0 aliphatic rings. The van der Waals surface area contributed by atoms with Crippen molar-refractivity contribution >= 4 is 23.5 Å². The van der Waals surface area contributed by atoms with Crippen LogP contribution in [0.3, 0.4) is 0 Å². The van der Waals surface area contributed by atoms with Gasteiger partial charge in [-0.05, 0) is 25.1 Å². The average molecular weight is 314 g/mol. The van der Waals surface area contributed by atoms with Gasteiger partial charge in [0, 0.05) is 11.1 Å². The van der Waals surface area contributed by atoms with E-state index in [9.17, 15) is 20.2 Å². The maximum absolute atomic E-state index is 11.2. The summed E-state index contributed by atoms with van der Waals surface area (Å²) in [6.07, 6.45) is 3.22. The molecule has 0 radical (unpaired) electrons. The molecule has 118 valence electrons. The van der Waals surface area contributed by atoms with Crippen molar-refractivity contribution in [2.45, 2.75) is 6.92 Å². The molecule has 0 aromatic heterocycles. The van der Waals surface area contributed by atoms with Crippen molar-refractivity contribution in [3.8, 4) is 5.75 Å². The SMILES string of the molecule is COc1ccccc1C=Cc1cc(C)c([N+](=O)[O-])cc1[N+](=O)[O-]. The van der Waals surface area contributed by atoms with Gasteiger partial charge in [-0.15, -0.1) is 0 Å². The molecule has 7 heteroatoms. The van der Waals surface area contributed by atoms with Crippen LogP contribution in [0, 0.1) is 27.2 Å². The lowest BCUT2D eigenvalue weighted by Gasteiger charge is -2.04. The van der Waals surface area contributed by atoms with E-state index in [1.165, 1.54) is 13.2 Å². The standard InChI is InChI=1S/C16H14N2O5/c1-11-9-13(15(18(21)22)10-14(11)17(19)20)8-7-12-5-3-4-6-16(12)23-2/h3-10H,1-2H3. The minimum Gasteiger partial charge on any atom is -0.496 e. The van der Waals surface area contributed by atoms with Gasteiger partial charge in [-0.3, -0.25) is 20.2 Å². The van der Waals surface area contributed by atoms with Crippen LogP contribution in [0.4, 0.5) is 11.4 Å². The Bertz CT molecular complexity index is 799. The van der Waals surface area contributed by atoms with Crippen LogP contribution in [-0.2, 0) is 0 Å². The second-order valence-electron chi connectivity index (χ2n) is 4.79. The second-order valence-corrected chi connectivity index (χ2v) is 4.79. The van der Waals surface area contributed by atoms with Crippen LogP contribution in [0.25, 0.3) is 12.2 Å². The van der Waals surface area contributed by atoms with Crippen molar-refractivity contribution in [3.05, 3.63) is 73.3 Å². The van der Waals surface area contributed by atoms with Crippen molar-refractivity contribution in [3.63, 3.8) is 0 Å². The molecule has 23 heavy (non-hydrogen) atoms. The lowest BCUT2D eigenvalue weighted by atomic mass is 10.1. The molecule has 0 atom stereocenters. The number of nitro benzene ring substituents is 2. The van der Waals surface area contributed by atoms with E-state index >= 15 is 0 Å². The lowest BCUT2D eigenvalue weighted by molar-refractivity contribution is -0.394. The fraction of sp³-hybridized carbons (Fsp3) is 0.125. The summed E-state index contributed by atoms with van der Waals surface area (Å²) in [5, 5.41) is 22.1. The molecule has 2 aromatic carbocycles. The molecule has 0 spiro atoms. The highest BCUT2D eigenvalue weighted by atomic mass is 16.6. The molecule has 0 saturated carbocycles. The van der Waals surface area contributed by atoms with Gasteiger partial charge in [0.15, 0.2) is 0 Å². The number of methoxy groups -OCH3 is 1. The highest BCUT2D eigenvalue weighted by Crippen LogP contribution is 2.30. The third-order valence-electron chi connectivity index (χ3n) is 3.32. The van der Waals surface area contributed by atoms with Gasteiger partial charge in [0.2, 0.25) is 0 Å². The first-order chi connectivity index (χ1) is 10.9. The highest BCUT2D eigenvalue weighted by Gasteiger charge is 2.21. The number of para-hydroxylation sites is 1. The lowest BCUT2D eigenvalue weighted by Crippen LogP contribution is -1.97. The Morgan fingerprint density at radius 1 is 0.957 bits per heavy atom. The number of rotatable bonds is 5. The number of ether oxygens (including phenoxy) is 1. The van der Waals surface area contributed by atoms with Crippen LogP contribution in [0.1, 0.15) is 16.7 Å². The number of aryl methyl sites for hydroxylation is 1. The smallest absolute Gasteiger partial charge is 0.283 e. The Labute approximate surface area is 132 Å². The van der Waals surface area contributed by atoms with E-state index in [4.69, 9.17) is 4.74 Å². The Kier molecular flexibility index (Phi) is 4.70. The minimum atomic E-state index is -0.631. The van der Waals surface area contributed by atoms with E-state index in [-0.39, 0.29) is 11.4 Å². The summed E-state index contributed by atoms with van der Waals surface area (Å²) in [6, 6.07) is 9.63. The molecule has 0 bridgehead atoms. The first-order valence-corrected chi connectivity index (χ1v) is 6.68. The number of benzene rings is 2. The molecule has 7 nitrogen and oxygen atoms in total. The summed E-state index contributed by atoms with van der Waals surface area (Å²) in [4.78, 5) is 20.8. The van der Waals surface area contributed by atoms with Gasteiger partial charge in [0.05, 0.1) is 28.6 Å². The topological polar surface area (TPSA) is 95.5 Å². The fourth-order valence-corrected chi connectivity index (χ4v) is 2.18. The predicted molar refractivity (Wildman–Crippen MR) is 86.4 cm³/mol. The van der Waals surface area contributed by atoms with Crippen LogP contribution in [-0.4, -0.2) is 17.0 Å². The normalized spacial score (nSPS) is 10.7. The summed E-state index contributed by atoms with van der Waals surface area (Å²) >= 11 is 0. The molecule has 0 aliphatic heterocycles. The largest absolute Gasteiger partial charge is 0.496 e. The van der Waals surface area contributed by atoms with E-state index in [0.717, 1.165) is 11.6 Å². The van der Waals surface area contributed by atoms with Gasteiger partial charge in [-0.25, -0.2) is 0 Å². The Morgan fingerprint density at radius 3 is 2.17 bits per heavy atom. The van der Waals surface area contributed by atoms with Crippen molar-refractivity contribution in [2.24, 2.45) is 0 Å². The maximum atomic E-state index is 11.2. The summed E-state index contributed by atoms with van der Waals surface area (Å²) in [5.41, 5.74) is 0.823. The Hall–Kier alpha value is -3.22. The van der Waals surface area contributed by atoms with Crippen LogP contribution in [0.15, 0.2) is 36.4 Å². The third kappa shape index (κ3) is 3.52. The van der Waals surface area contributed by atoms with E-state index in [1.807, 2.05) is 12.1 Å². The first kappa shape index (κ1) is 16.2. The van der Waals surface area contributed by atoms with E-state index in [1.54, 1.807) is 31.2 Å². The molecule has 0 saturated heterocycles. The summed E-state index contributed by atoms with van der Waals surface area (Å²) in [5.74, 6) is 0.630. The van der Waals surface area contributed by atoms with Gasteiger partial charge in [0.25, 0.3) is 11.4 Å². The minimum absolute atomic E-state index is 0.272. The molecule has 2 aromatic rings. The third-order valence-corrected chi connectivity index (χ3v) is 3.32. The average Bonchev–Trinajstić information content (AvgIpc) is 2.52. The van der Waals surface area contributed by atoms with Crippen LogP contribution < -0.4 is 4.74 Å². The molecule has 0 unspecified atom stereocenters. The molecule has 0 N–H and O–H groups in total. The van der Waals surface area contributed by atoms with E-state index < -0.39 is 9.85 Å². The zero-order valence-electron chi connectivity index (χ0n) is 12.6. The molecule has 0 aliphatic carbocycles. The molecule has 0 fully saturated rings. The van der Waals surface area contributed by atoms with Crippen molar-refractivity contribution < 1.29 is 14.6 Å². The first-order valence-electron chi connectivity index (χ1n) is 6.68. The van der Waals surface area contributed by atoms with Crippen LogP contribution in [0.5, 0.6) is 5.75 Å². The van der Waals surface area contributed by atoms with Crippen molar-refractivity contribution in [2.75, 3.05) is 7.11 Å². The number of hydrogen-bond donors (Lipinski definition) is 0. The zero-order valence-corrected chi connectivity index (χ0v) is 12.6. The van der Waals surface area contributed by atoms with Crippen molar-refractivity contribution in [1.82, 2.24) is 0 Å². The number of nitrogens with zero attached hydrogens (tertiary/aromatic N) is 2. The number of nitro groups is 2. The summed E-state index contributed by atoms with van der Waals surface area (Å²) in [6.45, 7) is 1.54. The van der Waals surface area contributed by atoms with Gasteiger partial charge in [0.1, 0.15) is 5.75 Å². The number of hydrogen-bond acceptors (Lipinski definition) is 5. The fourth-order valence-electron chi connectivity index (χ4n) is 2.18. The second kappa shape index (κ2) is 6.69. The van der Waals surface area contributed by atoms with E-state index in [0.29, 0.717) is 16.9 Å². The molecule has 2 rings (SSSR count). The van der Waals surface area contributed by atoms with Gasteiger partial charge < -0.3 is 4.74 Å². The van der Waals surface area contributed by atoms with Gasteiger partial charge in [-0.1, -0.05) is 24.3 Å². The Morgan fingerprint density at radius 2 is 1.57 bits per heavy atom. The van der Waals surface area contributed by atoms with Crippen molar-refractivity contribution in [1.29, 1.82) is 0 Å². The monoisotopic (exact) mass is 314 g/mol. The molecule has 0 amide bonds. The molecular weight excluding hydrogens is 300 g/mol. The predicted octanol–water partition coefficient (Wildman–Crippen LogP) is 3.99. The summed E-state index contributed by atoms with van der Waals surface area (Å²) in [7, 11) is 1.53. The quantitative estimate of drug-likeness (QED) is 0.472. The molecular formula is C16H14N2O5. The van der Waals surface area contributed by atoms with Crippen LogP contribution >= 0.6 is 0 Å². The Balaban J connectivity index is 2.50. The van der Waals surface area contributed by atoms with Crippen LogP contribution in [0.2, 0.25) is 0 Å². The summed E-state index contributed by atoms with van der Waals surface area (Å²) < 4.78 is 5.21. The molecule has 0 heterocycles.